The van der Waals surface area contributed by atoms with Gasteiger partial charge in [-0.05, 0) is 24.5 Å². The molecule has 0 aliphatic carbocycles. The van der Waals surface area contributed by atoms with Crippen molar-refractivity contribution in [3.05, 3.63) is 59.7 Å². The zero-order valence-corrected chi connectivity index (χ0v) is 17.2. The molecule has 6 nitrogen and oxygen atoms in total. The Morgan fingerprint density at radius 1 is 1.22 bits per heavy atom. The van der Waals surface area contributed by atoms with E-state index in [1.165, 1.54) is 11.1 Å². The zero-order valence-electron chi connectivity index (χ0n) is 17.2. The minimum Gasteiger partial charge on any atom is -0.356 e. The lowest BCUT2D eigenvalue weighted by Gasteiger charge is -2.27. The fourth-order valence-corrected chi connectivity index (χ4v) is 2.68. The van der Waals surface area contributed by atoms with Gasteiger partial charge >= 0.3 is 0 Å². The van der Waals surface area contributed by atoms with E-state index in [1.807, 2.05) is 24.6 Å². The van der Waals surface area contributed by atoms with Crippen molar-refractivity contribution in [2.24, 2.45) is 12.0 Å². The Bertz CT molecular complexity index is 770. The molecule has 0 unspecified atom stereocenters. The molecule has 0 saturated carbocycles. The van der Waals surface area contributed by atoms with Crippen LogP contribution in [0.4, 0.5) is 0 Å². The monoisotopic (exact) mass is 368 g/mol. The molecule has 0 atom stereocenters. The Morgan fingerprint density at radius 2 is 1.93 bits per heavy atom. The predicted molar refractivity (Wildman–Crippen MR) is 112 cm³/mol. The van der Waals surface area contributed by atoms with Crippen LogP contribution in [0.3, 0.4) is 0 Å². The van der Waals surface area contributed by atoms with Gasteiger partial charge in [0.05, 0.1) is 0 Å². The molecule has 0 aliphatic heterocycles. The molecule has 0 saturated heterocycles. The molecule has 0 bridgehead atoms. The molecular weight excluding hydrogens is 336 g/mol. The number of nitrogens with one attached hydrogen (secondary N) is 2. The van der Waals surface area contributed by atoms with Crippen LogP contribution in [0.1, 0.15) is 43.5 Å². The lowest BCUT2D eigenvalue weighted by Crippen LogP contribution is -2.43. The number of benzene rings is 1. The number of aryl methyl sites for hydroxylation is 2. The molecule has 2 N–H and O–H groups in total. The second kappa shape index (κ2) is 9.35. The van der Waals surface area contributed by atoms with Gasteiger partial charge in [-0.2, -0.15) is 0 Å². The fourth-order valence-electron chi connectivity index (χ4n) is 2.68. The molecule has 6 heteroatoms. The average molecular weight is 369 g/mol. The van der Waals surface area contributed by atoms with Crippen molar-refractivity contribution < 1.29 is 0 Å². The van der Waals surface area contributed by atoms with E-state index < -0.39 is 0 Å². The molecule has 0 fully saturated rings. The van der Waals surface area contributed by atoms with E-state index in [-0.39, 0.29) is 5.41 Å². The quantitative estimate of drug-likeness (QED) is 0.427. The lowest BCUT2D eigenvalue weighted by atomic mass is 9.84. The highest BCUT2D eigenvalue weighted by molar-refractivity contribution is 5.80. The molecule has 1 aromatic heterocycles. The highest BCUT2D eigenvalue weighted by Crippen LogP contribution is 2.22. The molecule has 1 heterocycles. The first-order valence-electron chi connectivity index (χ1n) is 9.44. The number of rotatable bonds is 8. The van der Waals surface area contributed by atoms with E-state index in [0.717, 1.165) is 30.6 Å². The van der Waals surface area contributed by atoms with Crippen molar-refractivity contribution in [2.75, 3.05) is 13.1 Å². The van der Waals surface area contributed by atoms with Gasteiger partial charge in [-0.15, -0.1) is 16.8 Å². The number of hydrogen-bond acceptors (Lipinski definition) is 3. The van der Waals surface area contributed by atoms with Crippen molar-refractivity contribution in [1.29, 1.82) is 0 Å². The van der Waals surface area contributed by atoms with Crippen LogP contribution < -0.4 is 10.6 Å². The van der Waals surface area contributed by atoms with Crippen LogP contribution in [0.5, 0.6) is 0 Å². The summed E-state index contributed by atoms with van der Waals surface area (Å²) in [7, 11) is 1.95. The third-order valence-electron chi connectivity index (χ3n) is 4.82. The summed E-state index contributed by atoms with van der Waals surface area (Å²) < 4.78 is 1.95. The van der Waals surface area contributed by atoms with Gasteiger partial charge in [-0.1, -0.05) is 51.1 Å². The van der Waals surface area contributed by atoms with Crippen molar-refractivity contribution in [3.8, 4) is 0 Å². The summed E-state index contributed by atoms with van der Waals surface area (Å²) in [5.74, 6) is 2.46. The van der Waals surface area contributed by atoms with Gasteiger partial charge in [0.25, 0.3) is 0 Å². The van der Waals surface area contributed by atoms with E-state index in [0.29, 0.717) is 13.1 Å². The summed E-state index contributed by atoms with van der Waals surface area (Å²) in [5.41, 5.74) is 2.64. The van der Waals surface area contributed by atoms with Gasteiger partial charge in [0.15, 0.2) is 11.8 Å². The van der Waals surface area contributed by atoms with Crippen LogP contribution in [0.25, 0.3) is 0 Å². The summed E-state index contributed by atoms with van der Waals surface area (Å²) in [6.45, 7) is 14.2. The first-order valence-corrected chi connectivity index (χ1v) is 9.44. The van der Waals surface area contributed by atoms with Crippen molar-refractivity contribution in [3.63, 3.8) is 0 Å². The van der Waals surface area contributed by atoms with Crippen LogP contribution in [0.15, 0.2) is 41.9 Å². The number of hydrogen-bond donors (Lipinski definition) is 2. The summed E-state index contributed by atoms with van der Waals surface area (Å²) >= 11 is 0. The number of aromatic nitrogens is 3. The van der Waals surface area contributed by atoms with Crippen LogP contribution in [0.2, 0.25) is 0 Å². The minimum atomic E-state index is -0.0235. The van der Waals surface area contributed by atoms with Crippen molar-refractivity contribution >= 4 is 5.96 Å². The molecule has 2 rings (SSSR count). The fraction of sp³-hybridized carbons (Fsp3) is 0.476. The molecule has 0 amide bonds. The van der Waals surface area contributed by atoms with Gasteiger partial charge in [-0.25, -0.2) is 4.99 Å². The maximum atomic E-state index is 4.65. The van der Waals surface area contributed by atoms with Crippen molar-refractivity contribution in [1.82, 2.24) is 25.4 Å². The SMILES string of the molecule is C=CCNC(=NCc1nnc(C)n1C)NCC(C)(C)c1ccc(CC)cc1. The van der Waals surface area contributed by atoms with Crippen LogP contribution >= 0.6 is 0 Å². The van der Waals surface area contributed by atoms with E-state index in [4.69, 9.17) is 0 Å². The average Bonchev–Trinajstić information content (AvgIpc) is 2.99. The Balaban J connectivity index is 2.06. The Kier molecular flexibility index (Phi) is 7.16. The maximum Gasteiger partial charge on any atom is 0.191 e. The molecule has 0 spiro atoms. The molecule has 1 aromatic carbocycles. The largest absolute Gasteiger partial charge is 0.356 e. The molecule has 0 aliphatic rings. The zero-order chi connectivity index (χ0) is 19.9. The van der Waals surface area contributed by atoms with E-state index >= 15 is 0 Å². The minimum absolute atomic E-state index is 0.0235. The summed E-state index contributed by atoms with van der Waals surface area (Å²) in [5, 5.41) is 15.0. The first kappa shape index (κ1) is 20.7. The highest BCUT2D eigenvalue weighted by Gasteiger charge is 2.21. The molecule has 146 valence electrons. The standard InChI is InChI=1S/C21H32N6/c1-7-13-22-20(23-14-19-26-25-16(3)27(19)6)24-15-21(4,5)18-11-9-17(8-2)10-12-18/h7,9-12H,1,8,13-15H2,2-6H3,(H2,22,23,24). The van der Waals surface area contributed by atoms with Gasteiger partial charge < -0.3 is 15.2 Å². The number of nitrogens with zero attached hydrogens (tertiary/aromatic N) is 4. The van der Waals surface area contributed by atoms with E-state index in [9.17, 15) is 0 Å². The second-order valence-corrected chi connectivity index (χ2v) is 7.34. The normalized spacial score (nSPS) is 12.1. The lowest BCUT2D eigenvalue weighted by molar-refractivity contribution is 0.508. The van der Waals surface area contributed by atoms with Crippen LogP contribution in [0, 0.1) is 6.92 Å². The molecular formula is C21H32N6. The number of aliphatic imine (C=N–C) groups is 1. The van der Waals surface area contributed by atoms with E-state index in [2.05, 4.69) is 77.4 Å². The maximum absolute atomic E-state index is 4.65. The first-order chi connectivity index (χ1) is 12.9. The highest BCUT2D eigenvalue weighted by atomic mass is 15.3. The summed E-state index contributed by atoms with van der Waals surface area (Å²) in [6, 6.07) is 8.85. The Labute approximate surface area is 162 Å². The summed E-state index contributed by atoms with van der Waals surface area (Å²) in [6.07, 6.45) is 2.88. The molecule has 2 aromatic rings. The van der Waals surface area contributed by atoms with Crippen LogP contribution in [-0.4, -0.2) is 33.8 Å². The topological polar surface area (TPSA) is 67.1 Å². The molecule has 0 radical (unpaired) electrons. The smallest absolute Gasteiger partial charge is 0.191 e. The van der Waals surface area contributed by atoms with Gasteiger partial charge in [0.1, 0.15) is 12.4 Å². The predicted octanol–water partition coefficient (Wildman–Crippen LogP) is 2.88. The van der Waals surface area contributed by atoms with Gasteiger partial charge in [0.2, 0.25) is 0 Å². The second-order valence-electron chi connectivity index (χ2n) is 7.34. The molecule has 27 heavy (non-hydrogen) atoms. The summed E-state index contributed by atoms with van der Waals surface area (Å²) in [4.78, 5) is 4.65. The third-order valence-corrected chi connectivity index (χ3v) is 4.82. The van der Waals surface area contributed by atoms with Gasteiger partial charge in [0, 0.05) is 25.6 Å². The number of guanidine groups is 1. The van der Waals surface area contributed by atoms with Gasteiger partial charge in [-0.3, -0.25) is 0 Å². The Morgan fingerprint density at radius 3 is 2.48 bits per heavy atom. The Hall–Kier alpha value is -2.63. The van der Waals surface area contributed by atoms with E-state index in [1.54, 1.807) is 0 Å². The van der Waals surface area contributed by atoms with Crippen molar-refractivity contribution in [2.45, 2.75) is 46.1 Å². The van der Waals surface area contributed by atoms with Crippen LogP contribution in [-0.2, 0) is 25.4 Å². The third kappa shape index (κ3) is 5.67.